The molecule has 78 valence electrons. The molecular formula is C12H14N2O. The minimum atomic E-state index is 0.835. The van der Waals surface area contributed by atoms with Crippen LogP contribution in [0, 0.1) is 6.92 Å². The van der Waals surface area contributed by atoms with E-state index in [1.807, 2.05) is 25.1 Å². The molecule has 0 spiro atoms. The second-order valence-electron chi connectivity index (χ2n) is 3.57. The number of H-pyrrole nitrogens is 1. The highest BCUT2D eigenvalue weighted by Gasteiger charge is 2.01. The van der Waals surface area contributed by atoms with Gasteiger partial charge in [-0.15, -0.1) is 0 Å². The molecule has 0 bridgehead atoms. The summed E-state index contributed by atoms with van der Waals surface area (Å²) in [5.41, 5.74) is 3.36. The first-order chi connectivity index (χ1) is 7.28. The third kappa shape index (κ3) is 2.37. The average Bonchev–Trinajstić information content (AvgIpc) is 2.64. The first-order valence-electron chi connectivity index (χ1n) is 4.92. The van der Waals surface area contributed by atoms with Crippen LogP contribution in [0.3, 0.4) is 0 Å². The van der Waals surface area contributed by atoms with Crippen molar-refractivity contribution in [2.45, 2.75) is 13.3 Å². The van der Waals surface area contributed by atoms with Gasteiger partial charge in [0.05, 0.1) is 12.8 Å². The first-order valence-corrected chi connectivity index (χ1v) is 4.92. The van der Waals surface area contributed by atoms with E-state index < -0.39 is 0 Å². The third-order valence-corrected chi connectivity index (χ3v) is 2.28. The van der Waals surface area contributed by atoms with Crippen molar-refractivity contribution in [3.05, 3.63) is 47.3 Å². The SMILES string of the molecule is COc1cccc(Cc2cc(C)[nH]n2)c1. The van der Waals surface area contributed by atoms with Crippen LogP contribution in [0.25, 0.3) is 0 Å². The van der Waals surface area contributed by atoms with Crippen molar-refractivity contribution < 1.29 is 4.74 Å². The monoisotopic (exact) mass is 202 g/mol. The van der Waals surface area contributed by atoms with Crippen molar-refractivity contribution >= 4 is 0 Å². The molecule has 0 aliphatic carbocycles. The topological polar surface area (TPSA) is 37.9 Å². The highest BCUT2D eigenvalue weighted by atomic mass is 16.5. The molecule has 3 nitrogen and oxygen atoms in total. The molecule has 0 unspecified atom stereocenters. The molecule has 1 heterocycles. The summed E-state index contributed by atoms with van der Waals surface area (Å²) in [4.78, 5) is 0. The van der Waals surface area contributed by atoms with Crippen LogP contribution in [-0.4, -0.2) is 17.3 Å². The van der Waals surface area contributed by atoms with Gasteiger partial charge in [-0.1, -0.05) is 12.1 Å². The first kappa shape index (κ1) is 9.77. The maximum atomic E-state index is 5.17. The van der Waals surface area contributed by atoms with Crippen LogP contribution in [0.2, 0.25) is 0 Å². The number of aromatic nitrogens is 2. The molecule has 0 saturated carbocycles. The van der Waals surface area contributed by atoms with Crippen LogP contribution in [0.4, 0.5) is 0 Å². The molecular weight excluding hydrogens is 188 g/mol. The summed E-state index contributed by atoms with van der Waals surface area (Å²) in [6, 6.07) is 10.1. The summed E-state index contributed by atoms with van der Waals surface area (Å²) in [5, 5.41) is 7.14. The summed E-state index contributed by atoms with van der Waals surface area (Å²) < 4.78 is 5.17. The van der Waals surface area contributed by atoms with E-state index in [9.17, 15) is 0 Å². The molecule has 1 aromatic heterocycles. The Kier molecular flexibility index (Phi) is 2.72. The molecule has 1 N–H and O–H groups in total. The van der Waals surface area contributed by atoms with E-state index in [0.717, 1.165) is 23.6 Å². The fourth-order valence-corrected chi connectivity index (χ4v) is 1.56. The van der Waals surface area contributed by atoms with Crippen molar-refractivity contribution in [3.8, 4) is 5.75 Å². The number of nitrogens with zero attached hydrogens (tertiary/aromatic N) is 1. The van der Waals surface area contributed by atoms with Crippen LogP contribution in [0.5, 0.6) is 5.75 Å². The Labute approximate surface area is 89.1 Å². The number of rotatable bonds is 3. The van der Waals surface area contributed by atoms with E-state index in [2.05, 4.69) is 22.3 Å². The molecule has 0 aliphatic heterocycles. The Morgan fingerprint density at radius 1 is 1.33 bits per heavy atom. The van der Waals surface area contributed by atoms with Gasteiger partial charge < -0.3 is 4.74 Å². The lowest BCUT2D eigenvalue weighted by molar-refractivity contribution is 0.414. The average molecular weight is 202 g/mol. The van der Waals surface area contributed by atoms with Gasteiger partial charge in [0.25, 0.3) is 0 Å². The fourth-order valence-electron chi connectivity index (χ4n) is 1.56. The van der Waals surface area contributed by atoms with Gasteiger partial charge in [-0.05, 0) is 30.7 Å². The zero-order chi connectivity index (χ0) is 10.7. The largest absolute Gasteiger partial charge is 0.497 e. The lowest BCUT2D eigenvalue weighted by Gasteiger charge is -2.02. The molecule has 2 aromatic rings. The molecule has 0 atom stereocenters. The second kappa shape index (κ2) is 4.17. The van der Waals surface area contributed by atoms with Gasteiger partial charge in [-0.2, -0.15) is 5.10 Å². The third-order valence-electron chi connectivity index (χ3n) is 2.28. The van der Waals surface area contributed by atoms with Crippen LogP contribution in [-0.2, 0) is 6.42 Å². The predicted octanol–water partition coefficient (Wildman–Crippen LogP) is 2.32. The number of hydrogen-bond donors (Lipinski definition) is 1. The van der Waals surface area contributed by atoms with Gasteiger partial charge in [0.15, 0.2) is 0 Å². The van der Waals surface area contributed by atoms with Crippen molar-refractivity contribution in [2.24, 2.45) is 0 Å². The van der Waals surface area contributed by atoms with Crippen LogP contribution < -0.4 is 4.74 Å². The highest BCUT2D eigenvalue weighted by Crippen LogP contribution is 2.15. The smallest absolute Gasteiger partial charge is 0.119 e. The molecule has 3 heteroatoms. The predicted molar refractivity (Wildman–Crippen MR) is 59.1 cm³/mol. The normalized spacial score (nSPS) is 10.3. The molecule has 0 amide bonds. The van der Waals surface area contributed by atoms with E-state index in [4.69, 9.17) is 4.74 Å². The number of ether oxygens (including phenoxy) is 1. The molecule has 0 radical (unpaired) electrons. The Bertz CT molecular complexity index is 448. The zero-order valence-electron chi connectivity index (χ0n) is 8.95. The Morgan fingerprint density at radius 3 is 2.87 bits per heavy atom. The van der Waals surface area contributed by atoms with E-state index in [0.29, 0.717) is 0 Å². The second-order valence-corrected chi connectivity index (χ2v) is 3.57. The number of benzene rings is 1. The zero-order valence-corrected chi connectivity index (χ0v) is 8.95. The maximum absolute atomic E-state index is 5.17. The Balaban J connectivity index is 2.16. The van der Waals surface area contributed by atoms with Gasteiger partial charge in [-0.25, -0.2) is 0 Å². The van der Waals surface area contributed by atoms with E-state index >= 15 is 0 Å². The number of hydrogen-bond acceptors (Lipinski definition) is 2. The van der Waals surface area contributed by atoms with Crippen LogP contribution >= 0.6 is 0 Å². The maximum Gasteiger partial charge on any atom is 0.119 e. The molecule has 0 saturated heterocycles. The number of aryl methyl sites for hydroxylation is 1. The van der Waals surface area contributed by atoms with Crippen molar-refractivity contribution in [2.75, 3.05) is 7.11 Å². The minimum absolute atomic E-state index is 0.835. The lowest BCUT2D eigenvalue weighted by atomic mass is 10.1. The molecule has 2 rings (SSSR count). The number of methoxy groups -OCH3 is 1. The van der Waals surface area contributed by atoms with Crippen molar-refractivity contribution in [3.63, 3.8) is 0 Å². The molecule has 15 heavy (non-hydrogen) atoms. The van der Waals surface area contributed by atoms with Gasteiger partial charge in [0.1, 0.15) is 5.75 Å². The lowest BCUT2D eigenvalue weighted by Crippen LogP contribution is -1.90. The van der Waals surface area contributed by atoms with Crippen molar-refractivity contribution in [1.29, 1.82) is 0 Å². The minimum Gasteiger partial charge on any atom is -0.497 e. The summed E-state index contributed by atoms with van der Waals surface area (Å²) in [5.74, 6) is 0.889. The molecule has 0 fully saturated rings. The van der Waals surface area contributed by atoms with E-state index in [1.54, 1.807) is 7.11 Å². The Hall–Kier alpha value is -1.77. The summed E-state index contributed by atoms with van der Waals surface area (Å²) in [6.45, 7) is 2.00. The van der Waals surface area contributed by atoms with Gasteiger partial charge >= 0.3 is 0 Å². The molecule has 1 aromatic carbocycles. The summed E-state index contributed by atoms with van der Waals surface area (Å²) in [6.07, 6.45) is 0.835. The number of aromatic amines is 1. The molecule has 0 aliphatic rings. The Morgan fingerprint density at radius 2 is 2.20 bits per heavy atom. The van der Waals surface area contributed by atoms with Crippen molar-refractivity contribution in [1.82, 2.24) is 10.2 Å². The van der Waals surface area contributed by atoms with E-state index in [-0.39, 0.29) is 0 Å². The van der Waals surface area contributed by atoms with Gasteiger partial charge in [0.2, 0.25) is 0 Å². The van der Waals surface area contributed by atoms with Gasteiger partial charge in [-0.3, -0.25) is 5.10 Å². The number of nitrogens with one attached hydrogen (secondary N) is 1. The van der Waals surface area contributed by atoms with Gasteiger partial charge in [0, 0.05) is 12.1 Å². The quantitative estimate of drug-likeness (QED) is 0.829. The van der Waals surface area contributed by atoms with Crippen LogP contribution in [0.15, 0.2) is 30.3 Å². The van der Waals surface area contributed by atoms with Crippen LogP contribution in [0.1, 0.15) is 17.0 Å². The standard InChI is InChI=1S/C12H14N2O/c1-9-6-11(14-13-9)7-10-4-3-5-12(8-10)15-2/h3-6,8H,7H2,1-2H3,(H,13,14). The summed E-state index contributed by atoms with van der Waals surface area (Å²) >= 11 is 0. The summed E-state index contributed by atoms with van der Waals surface area (Å²) in [7, 11) is 1.68. The highest BCUT2D eigenvalue weighted by molar-refractivity contribution is 5.31. The fraction of sp³-hybridized carbons (Fsp3) is 0.250. The van der Waals surface area contributed by atoms with E-state index in [1.165, 1.54) is 5.56 Å².